The number of ether oxygens (including phenoxy) is 3. The van der Waals surface area contributed by atoms with Gasteiger partial charge < -0.3 is 24.4 Å². The van der Waals surface area contributed by atoms with Crippen LogP contribution in [0.15, 0.2) is 30.3 Å². The van der Waals surface area contributed by atoms with E-state index in [-0.39, 0.29) is 24.4 Å². The molecule has 2 aliphatic heterocycles. The smallest absolute Gasteiger partial charge is 0.129 e. The lowest BCUT2D eigenvalue weighted by atomic mass is 9.87. The fourth-order valence-electron chi connectivity index (χ4n) is 4.67. The molecule has 162 valence electrons. The van der Waals surface area contributed by atoms with Gasteiger partial charge in [0.2, 0.25) is 0 Å². The zero-order valence-electron chi connectivity index (χ0n) is 18.3. The van der Waals surface area contributed by atoms with Crippen LogP contribution < -0.4 is 9.47 Å². The van der Waals surface area contributed by atoms with Gasteiger partial charge in [-0.2, -0.15) is 0 Å². The SMILES string of the molecule is COc1ccc(Cc2cc(C3CC(O)CC(CO)O3)c3c(c2C)CC(C)(C)O3)cc1. The fourth-order valence-corrected chi connectivity index (χ4v) is 4.67. The van der Waals surface area contributed by atoms with Crippen molar-refractivity contribution in [2.45, 2.75) is 70.4 Å². The maximum Gasteiger partial charge on any atom is 0.129 e. The van der Waals surface area contributed by atoms with Crippen molar-refractivity contribution in [2.24, 2.45) is 0 Å². The minimum absolute atomic E-state index is 0.0906. The van der Waals surface area contributed by atoms with Crippen LogP contribution in [0.1, 0.15) is 60.6 Å². The van der Waals surface area contributed by atoms with E-state index in [0.29, 0.717) is 12.8 Å². The molecular weight excluding hydrogens is 380 g/mol. The summed E-state index contributed by atoms with van der Waals surface area (Å²) in [6.07, 6.45) is 1.49. The summed E-state index contributed by atoms with van der Waals surface area (Å²) in [4.78, 5) is 0. The van der Waals surface area contributed by atoms with E-state index in [1.807, 2.05) is 12.1 Å². The van der Waals surface area contributed by atoms with E-state index in [2.05, 4.69) is 39.0 Å². The van der Waals surface area contributed by atoms with E-state index < -0.39 is 6.10 Å². The Bertz CT molecular complexity index is 903. The van der Waals surface area contributed by atoms with Crippen molar-refractivity contribution in [1.29, 1.82) is 0 Å². The summed E-state index contributed by atoms with van der Waals surface area (Å²) in [6, 6.07) is 10.3. The van der Waals surface area contributed by atoms with Gasteiger partial charge in [0.1, 0.15) is 17.1 Å². The van der Waals surface area contributed by atoms with E-state index in [1.54, 1.807) is 7.11 Å². The monoisotopic (exact) mass is 412 g/mol. The number of aliphatic hydroxyl groups is 2. The summed E-state index contributed by atoms with van der Waals surface area (Å²) in [5.74, 6) is 1.74. The minimum atomic E-state index is -0.489. The van der Waals surface area contributed by atoms with Gasteiger partial charge in [0.15, 0.2) is 0 Å². The molecular formula is C25H32O5. The van der Waals surface area contributed by atoms with E-state index in [4.69, 9.17) is 14.2 Å². The number of benzene rings is 2. The third-order valence-electron chi connectivity index (χ3n) is 6.26. The van der Waals surface area contributed by atoms with Gasteiger partial charge in [0.05, 0.1) is 32.0 Å². The average molecular weight is 413 g/mol. The van der Waals surface area contributed by atoms with Crippen LogP contribution in [0.5, 0.6) is 11.5 Å². The first-order chi connectivity index (χ1) is 14.3. The van der Waals surface area contributed by atoms with Crippen LogP contribution in [0.3, 0.4) is 0 Å². The minimum Gasteiger partial charge on any atom is -0.497 e. The Balaban J connectivity index is 1.73. The van der Waals surface area contributed by atoms with Crippen LogP contribution in [-0.2, 0) is 17.6 Å². The van der Waals surface area contributed by atoms with Gasteiger partial charge in [0.25, 0.3) is 0 Å². The zero-order chi connectivity index (χ0) is 21.5. The molecule has 0 saturated carbocycles. The topological polar surface area (TPSA) is 68.2 Å². The van der Waals surface area contributed by atoms with Gasteiger partial charge in [-0.1, -0.05) is 12.1 Å². The van der Waals surface area contributed by atoms with Crippen molar-refractivity contribution >= 4 is 0 Å². The predicted octanol–water partition coefficient (Wildman–Crippen LogP) is 3.88. The molecule has 0 radical (unpaired) electrons. The molecule has 0 spiro atoms. The van der Waals surface area contributed by atoms with Crippen molar-refractivity contribution in [3.8, 4) is 11.5 Å². The summed E-state index contributed by atoms with van der Waals surface area (Å²) >= 11 is 0. The molecule has 0 bridgehead atoms. The van der Waals surface area contributed by atoms with E-state index in [9.17, 15) is 10.2 Å². The molecule has 1 saturated heterocycles. The number of fused-ring (bicyclic) bond motifs is 1. The van der Waals surface area contributed by atoms with E-state index in [0.717, 1.165) is 29.9 Å². The maximum absolute atomic E-state index is 10.4. The number of methoxy groups -OCH3 is 1. The second-order valence-corrected chi connectivity index (χ2v) is 9.18. The molecule has 0 aromatic heterocycles. The molecule has 30 heavy (non-hydrogen) atoms. The number of hydrogen-bond donors (Lipinski definition) is 2. The lowest BCUT2D eigenvalue weighted by molar-refractivity contribution is -0.114. The Morgan fingerprint density at radius 2 is 1.90 bits per heavy atom. The van der Waals surface area contributed by atoms with Crippen molar-refractivity contribution < 1.29 is 24.4 Å². The normalized spacial score (nSPS) is 24.9. The molecule has 4 rings (SSSR count). The van der Waals surface area contributed by atoms with Crippen LogP contribution in [0.2, 0.25) is 0 Å². The second-order valence-electron chi connectivity index (χ2n) is 9.18. The average Bonchev–Trinajstić information content (AvgIpc) is 3.05. The molecule has 3 atom stereocenters. The van der Waals surface area contributed by atoms with Gasteiger partial charge in [-0.3, -0.25) is 0 Å². The molecule has 2 aliphatic rings. The molecule has 2 heterocycles. The van der Waals surface area contributed by atoms with Gasteiger partial charge in [-0.15, -0.1) is 0 Å². The van der Waals surface area contributed by atoms with Gasteiger partial charge in [-0.05, 0) is 62.1 Å². The summed E-state index contributed by atoms with van der Waals surface area (Å²) in [7, 11) is 1.67. The van der Waals surface area contributed by atoms with Gasteiger partial charge in [-0.25, -0.2) is 0 Å². The molecule has 2 aromatic carbocycles. The predicted molar refractivity (Wildman–Crippen MR) is 115 cm³/mol. The van der Waals surface area contributed by atoms with Gasteiger partial charge in [0, 0.05) is 30.4 Å². The maximum atomic E-state index is 10.4. The van der Waals surface area contributed by atoms with Crippen molar-refractivity contribution in [3.63, 3.8) is 0 Å². The summed E-state index contributed by atoms with van der Waals surface area (Å²) in [5, 5.41) is 20.0. The largest absolute Gasteiger partial charge is 0.497 e. The lowest BCUT2D eigenvalue weighted by Gasteiger charge is -2.34. The fraction of sp³-hybridized carbons (Fsp3) is 0.520. The highest BCUT2D eigenvalue weighted by Gasteiger charge is 2.38. The third kappa shape index (κ3) is 4.20. The van der Waals surface area contributed by atoms with Crippen molar-refractivity contribution in [1.82, 2.24) is 0 Å². The molecule has 2 aromatic rings. The van der Waals surface area contributed by atoms with Crippen LogP contribution in [0, 0.1) is 6.92 Å². The van der Waals surface area contributed by atoms with Crippen LogP contribution in [0.25, 0.3) is 0 Å². The first-order valence-electron chi connectivity index (χ1n) is 10.7. The molecule has 1 fully saturated rings. The van der Waals surface area contributed by atoms with Gasteiger partial charge >= 0.3 is 0 Å². The number of aliphatic hydroxyl groups excluding tert-OH is 2. The Kier molecular flexibility index (Phi) is 5.80. The summed E-state index contributed by atoms with van der Waals surface area (Å²) in [5.41, 5.74) is 5.64. The molecule has 5 heteroatoms. The van der Waals surface area contributed by atoms with Crippen LogP contribution in [-0.4, -0.2) is 41.7 Å². The lowest BCUT2D eigenvalue weighted by Crippen LogP contribution is -2.33. The summed E-state index contributed by atoms with van der Waals surface area (Å²) < 4.78 is 17.8. The summed E-state index contributed by atoms with van der Waals surface area (Å²) in [6.45, 7) is 6.28. The van der Waals surface area contributed by atoms with Crippen molar-refractivity contribution in [2.75, 3.05) is 13.7 Å². The van der Waals surface area contributed by atoms with Crippen molar-refractivity contribution in [3.05, 3.63) is 58.1 Å². The number of rotatable bonds is 5. The third-order valence-corrected chi connectivity index (χ3v) is 6.26. The molecule has 0 amide bonds. The highest BCUT2D eigenvalue weighted by molar-refractivity contribution is 5.55. The van der Waals surface area contributed by atoms with Crippen LogP contribution in [0.4, 0.5) is 0 Å². The molecule has 5 nitrogen and oxygen atoms in total. The quantitative estimate of drug-likeness (QED) is 0.780. The molecule has 2 N–H and O–H groups in total. The Morgan fingerprint density at radius 3 is 2.57 bits per heavy atom. The zero-order valence-corrected chi connectivity index (χ0v) is 18.3. The Hall–Kier alpha value is -2.08. The van der Waals surface area contributed by atoms with E-state index in [1.165, 1.54) is 22.3 Å². The standard InChI is InChI=1S/C25H32O5/c1-15-17(9-16-5-7-19(28-4)8-6-16)10-21(24-22(15)13-25(2,3)30-24)23-12-18(27)11-20(14-26)29-23/h5-8,10,18,20,23,26-27H,9,11-14H2,1-4H3. The highest BCUT2D eigenvalue weighted by Crippen LogP contribution is 2.46. The number of hydrogen-bond acceptors (Lipinski definition) is 5. The Labute approximate surface area is 178 Å². The van der Waals surface area contributed by atoms with E-state index >= 15 is 0 Å². The Morgan fingerprint density at radius 1 is 1.17 bits per heavy atom. The second kappa shape index (κ2) is 8.22. The first kappa shape index (κ1) is 21.2. The highest BCUT2D eigenvalue weighted by atomic mass is 16.5. The first-order valence-corrected chi connectivity index (χ1v) is 10.7. The molecule has 3 unspecified atom stereocenters. The van der Waals surface area contributed by atoms with Crippen LogP contribution >= 0.6 is 0 Å². The molecule has 0 aliphatic carbocycles.